The molecule has 0 aliphatic carbocycles. The maximum atomic E-state index is 12.2. The lowest BCUT2D eigenvalue weighted by atomic mass is 10.1. The van der Waals surface area contributed by atoms with Crippen LogP contribution in [-0.4, -0.2) is 22.9 Å². The standard InChI is InChI=1S/C20H14N4O5S/c1-28-15-3-5-16(6-4-15)29-18-7-2-13(11-17(18)24(26)27)10-14(12-21)19(25)23-20-22-8-9-30-20/h2-11H,1H3,(H,22,23,25)/b14-10+. The van der Waals surface area contributed by atoms with Crippen molar-refractivity contribution < 1.29 is 19.2 Å². The molecule has 0 aliphatic heterocycles. The van der Waals surface area contributed by atoms with E-state index in [9.17, 15) is 20.2 Å². The third-order valence-electron chi connectivity index (χ3n) is 3.80. The van der Waals surface area contributed by atoms with Crippen LogP contribution in [-0.2, 0) is 4.79 Å². The number of nitrogens with zero attached hydrogens (tertiary/aromatic N) is 3. The average Bonchev–Trinajstić information content (AvgIpc) is 3.26. The van der Waals surface area contributed by atoms with Crippen LogP contribution in [0.2, 0.25) is 0 Å². The number of rotatable bonds is 7. The molecule has 3 aromatic rings. The lowest BCUT2D eigenvalue weighted by Gasteiger charge is -2.08. The minimum absolute atomic E-state index is 0.0214. The third kappa shape index (κ3) is 4.98. The van der Waals surface area contributed by atoms with E-state index in [2.05, 4.69) is 10.3 Å². The van der Waals surface area contributed by atoms with E-state index in [0.29, 0.717) is 22.2 Å². The summed E-state index contributed by atoms with van der Waals surface area (Å²) in [6.45, 7) is 0. The van der Waals surface area contributed by atoms with Gasteiger partial charge in [0.25, 0.3) is 5.91 Å². The van der Waals surface area contributed by atoms with Crippen molar-refractivity contribution in [2.45, 2.75) is 0 Å². The monoisotopic (exact) mass is 422 g/mol. The lowest BCUT2D eigenvalue weighted by molar-refractivity contribution is -0.385. The Kier molecular flexibility index (Phi) is 6.36. The van der Waals surface area contributed by atoms with Gasteiger partial charge >= 0.3 is 5.69 Å². The molecular formula is C20H14N4O5S. The van der Waals surface area contributed by atoms with Crippen LogP contribution in [0.15, 0.2) is 59.6 Å². The molecule has 0 atom stereocenters. The number of anilines is 1. The van der Waals surface area contributed by atoms with E-state index in [-0.39, 0.29) is 17.0 Å². The minimum atomic E-state index is -0.659. The second-order valence-electron chi connectivity index (χ2n) is 5.72. The van der Waals surface area contributed by atoms with Gasteiger partial charge in [-0.25, -0.2) is 4.98 Å². The molecule has 0 spiro atoms. The molecule has 10 heteroatoms. The largest absolute Gasteiger partial charge is 0.497 e. The number of benzene rings is 2. The number of nitro benzene ring substituents is 1. The van der Waals surface area contributed by atoms with Gasteiger partial charge in [0.15, 0.2) is 5.13 Å². The number of ether oxygens (including phenoxy) is 2. The molecule has 1 N–H and O–H groups in total. The van der Waals surface area contributed by atoms with Crippen LogP contribution in [0, 0.1) is 21.4 Å². The van der Waals surface area contributed by atoms with Gasteiger partial charge in [-0.2, -0.15) is 5.26 Å². The van der Waals surface area contributed by atoms with Crippen LogP contribution < -0.4 is 14.8 Å². The van der Waals surface area contributed by atoms with Gasteiger partial charge in [0, 0.05) is 17.6 Å². The molecule has 1 aromatic heterocycles. The van der Waals surface area contributed by atoms with E-state index in [1.165, 1.54) is 48.9 Å². The fourth-order valence-electron chi connectivity index (χ4n) is 2.39. The Morgan fingerprint density at radius 2 is 2.00 bits per heavy atom. The molecule has 1 amide bonds. The summed E-state index contributed by atoms with van der Waals surface area (Å²) < 4.78 is 10.7. The number of amides is 1. The van der Waals surface area contributed by atoms with E-state index in [0.717, 1.165) is 0 Å². The number of nitrogens with one attached hydrogen (secondary N) is 1. The normalized spacial score (nSPS) is 10.7. The molecule has 0 saturated heterocycles. The van der Waals surface area contributed by atoms with Gasteiger partial charge in [-0.15, -0.1) is 11.3 Å². The second kappa shape index (κ2) is 9.31. The highest BCUT2D eigenvalue weighted by atomic mass is 32.1. The Balaban J connectivity index is 1.86. The molecule has 2 aromatic carbocycles. The summed E-state index contributed by atoms with van der Waals surface area (Å²) in [6, 6.07) is 12.5. The smallest absolute Gasteiger partial charge is 0.312 e. The highest BCUT2D eigenvalue weighted by Gasteiger charge is 2.18. The quantitative estimate of drug-likeness (QED) is 0.259. The first kappa shape index (κ1) is 20.5. The van der Waals surface area contributed by atoms with Crippen molar-refractivity contribution >= 4 is 34.1 Å². The predicted octanol–water partition coefficient (Wildman–Crippen LogP) is 4.40. The highest BCUT2D eigenvalue weighted by Crippen LogP contribution is 2.33. The first-order chi connectivity index (χ1) is 14.5. The van der Waals surface area contributed by atoms with Crippen molar-refractivity contribution in [2.24, 2.45) is 0 Å². The molecule has 0 unspecified atom stereocenters. The van der Waals surface area contributed by atoms with Gasteiger partial charge in [0.1, 0.15) is 23.1 Å². The minimum Gasteiger partial charge on any atom is -0.497 e. The van der Waals surface area contributed by atoms with Crippen LogP contribution in [0.25, 0.3) is 6.08 Å². The number of hydrogen-bond donors (Lipinski definition) is 1. The molecule has 0 saturated carbocycles. The van der Waals surface area contributed by atoms with Crippen molar-refractivity contribution in [3.8, 4) is 23.3 Å². The zero-order valence-corrected chi connectivity index (χ0v) is 16.4. The van der Waals surface area contributed by atoms with Crippen molar-refractivity contribution in [2.75, 3.05) is 12.4 Å². The summed E-state index contributed by atoms with van der Waals surface area (Å²) >= 11 is 1.20. The van der Waals surface area contributed by atoms with E-state index in [4.69, 9.17) is 9.47 Å². The Morgan fingerprint density at radius 1 is 1.27 bits per heavy atom. The SMILES string of the molecule is COc1ccc(Oc2ccc(/C=C(\C#N)C(=O)Nc3nccs3)cc2[N+](=O)[O-])cc1. The number of nitro groups is 1. The average molecular weight is 422 g/mol. The zero-order chi connectivity index (χ0) is 21.5. The first-order valence-corrected chi connectivity index (χ1v) is 9.31. The van der Waals surface area contributed by atoms with Gasteiger partial charge in [0.05, 0.1) is 12.0 Å². The molecule has 0 fully saturated rings. The summed E-state index contributed by atoms with van der Waals surface area (Å²) in [4.78, 5) is 27.0. The molecule has 9 nitrogen and oxygen atoms in total. The summed E-state index contributed by atoms with van der Waals surface area (Å²) in [6.07, 6.45) is 2.77. The second-order valence-corrected chi connectivity index (χ2v) is 6.62. The van der Waals surface area contributed by atoms with Crippen molar-refractivity contribution in [3.05, 3.63) is 75.3 Å². The van der Waals surface area contributed by atoms with E-state index < -0.39 is 10.8 Å². The van der Waals surface area contributed by atoms with Crippen molar-refractivity contribution in [3.63, 3.8) is 0 Å². The molecule has 3 rings (SSSR count). The van der Waals surface area contributed by atoms with Gasteiger partial charge in [0.2, 0.25) is 5.75 Å². The number of hydrogen-bond acceptors (Lipinski definition) is 8. The van der Waals surface area contributed by atoms with Crippen molar-refractivity contribution in [1.29, 1.82) is 5.26 Å². The fraction of sp³-hybridized carbons (Fsp3) is 0.0500. The summed E-state index contributed by atoms with van der Waals surface area (Å²) in [5.41, 5.74) is -0.227. The zero-order valence-electron chi connectivity index (χ0n) is 15.6. The highest BCUT2D eigenvalue weighted by molar-refractivity contribution is 7.13. The molecule has 0 aliphatic rings. The van der Waals surface area contributed by atoms with Crippen molar-refractivity contribution in [1.82, 2.24) is 4.98 Å². The molecule has 0 radical (unpaired) electrons. The van der Waals surface area contributed by atoms with Crippen LogP contribution in [0.5, 0.6) is 17.2 Å². The van der Waals surface area contributed by atoms with Gasteiger partial charge in [-0.1, -0.05) is 6.07 Å². The van der Waals surface area contributed by atoms with Crippen LogP contribution >= 0.6 is 11.3 Å². The van der Waals surface area contributed by atoms with E-state index in [1.54, 1.807) is 35.7 Å². The number of thiazole rings is 1. The van der Waals surface area contributed by atoms with E-state index in [1.807, 2.05) is 0 Å². The Hall–Kier alpha value is -4.23. The molecule has 150 valence electrons. The first-order valence-electron chi connectivity index (χ1n) is 8.43. The topological polar surface area (TPSA) is 127 Å². The molecular weight excluding hydrogens is 408 g/mol. The van der Waals surface area contributed by atoms with Crippen LogP contribution in [0.1, 0.15) is 5.56 Å². The molecule has 0 bridgehead atoms. The Bertz CT molecular complexity index is 1140. The van der Waals surface area contributed by atoms with E-state index >= 15 is 0 Å². The Morgan fingerprint density at radius 3 is 2.60 bits per heavy atom. The number of carbonyl (C=O) groups is 1. The third-order valence-corrected chi connectivity index (χ3v) is 4.48. The Labute approximate surface area is 175 Å². The van der Waals surface area contributed by atoms with Gasteiger partial charge in [-0.05, 0) is 42.0 Å². The lowest BCUT2D eigenvalue weighted by Crippen LogP contribution is -2.13. The predicted molar refractivity (Wildman–Crippen MR) is 110 cm³/mol. The summed E-state index contributed by atoms with van der Waals surface area (Å²) in [7, 11) is 1.53. The number of methoxy groups -OCH3 is 1. The number of nitriles is 1. The maximum absolute atomic E-state index is 12.2. The molecule has 30 heavy (non-hydrogen) atoms. The maximum Gasteiger partial charge on any atom is 0.312 e. The fourth-order valence-corrected chi connectivity index (χ4v) is 2.91. The van der Waals surface area contributed by atoms with Gasteiger partial charge < -0.3 is 9.47 Å². The molecule has 1 heterocycles. The van der Waals surface area contributed by atoms with Gasteiger partial charge in [-0.3, -0.25) is 20.2 Å². The summed E-state index contributed by atoms with van der Waals surface area (Å²) in [5.74, 6) is 0.377. The van der Waals surface area contributed by atoms with Crippen LogP contribution in [0.4, 0.5) is 10.8 Å². The number of carbonyl (C=O) groups excluding carboxylic acids is 1. The number of aromatic nitrogens is 1. The van der Waals surface area contributed by atoms with Crippen LogP contribution in [0.3, 0.4) is 0 Å². The summed E-state index contributed by atoms with van der Waals surface area (Å²) in [5, 5.41) is 25.3.